The van der Waals surface area contributed by atoms with Gasteiger partial charge in [-0.05, 0) is 54.5 Å². The molecule has 0 fully saturated rings. The molecule has 132 valence electrons. The summed E-state index contributed by atoms with van der Waals surface area (Å²) >= 11 is 3.60. The van der Waals surface area contributed by atoms with Crippen LogP contribution in [0.25, 0.3) is 0 Å². The van der Waals surface area contributed by atoms with Crippen molar-refractivity contribution in [3.05, 3.63) is 63.6 Å². The number of fused-ring (bicyclic) bond motifs is 1. The molecule has 0 saturated carbocycles. The van der Waals surface area contributed by atoms with Gasteiger partial charge in [-0.1, -0.05) is 60.1 Å². The molecule has 0 spiro atoms. The standard InChI is InChI=1S/C21H24BrNO2/c1-3-16-12-18(22)13-17-10-11-19(4-2)23(20(16)17)21(24)25-14-15-8-6-5-7-9-15/h5-9,12-13,19H,3-4,10-11,14H2,1-2H3. The number of benzene rings is 2. The summed E-state index contributed by atoms with van der Waals surface area (Å²) in [4.78, 5) is 14.8. The van der Waals surface area contributed by atoms with Crippen molar-refractivity contribution >= 4 is 27.7 Å². The molecule has 2 aromatic carbocycles. The molecule has 0 N–H and O–H groups in total. The number of halogens is 1. The molecule has 1 heterocycles. The minimum atomic E-state index is -0.242. The van der Waals surface area contributed by atoms with Gasteiger partial charge < -0.3 is 4.74 Å². The van der Waals surface area contributed by atoms with E-state index in [1.807, 2.05) is 35.2 Å². The lowest BCUT2D eigenvalue weighted by Gasteiger charge is -2.37. The van der Waals surface area contributed by atoms with Crippen LogP contribution in [0.4, 0.5) is 10.5 Å². The monoisotopic (exact) mass is 401 g/mol. The fourth-order valence-electron chi connectivity index (χ4n) is 3.54. The van der Waals surface area contributed by atoms with Crippen molar-refractivity contribution < 1.29 is 9.53 Å². The van der Waals surface area contributed by atoms with Gasteiger partial charge >= 0.3 is 6.09 Å². The van der Waals surface area contributed by atoms with E-state index in [-0.39, 0.29) is 12.1 Å². The van der Waals surface area contributed by atoms with E-state index in [9.17, 15) is 4.79 Å². The number of carbonyl (C=O) groups is 1. The molecule has 1 atom stereocenters. The van der Waals surface area contributed by atoms with Crippen molar-refractivity contribution in [3.8, 4) is 0 Å². The van der Waals surface area contributed by atoms with E-state index in [4.69, 9.17) is 4.74 Å². The Morgan fingerprint density at radius 3 is 2.68 bits per heavy atom. The number of anilines is 1. The van der Waals surface area contributed by atoms with Crippen LogP contribution in [0, 0.1) is 0 Å². The number of ether oxygens (including phenoxy) is 1. The molecule has 1 aliphatic heterocycles. The molecular formula is C21H24BrNO2. The summed E-state index contributed by atoms with van der Waals surface area (Å²) in [6, 6.07) is 14.3. The second-order valence-electron chi connectivity index (χ2n) is 6.44. The minimum absolute atomic E-state index is 0.197. The Bertz CT molecular complexity index is 728. The number of carbonyl (C=O) groups excluding carboxylic acids is 1. The molecule has 1 amide bonds. The maximum atomic E-state index is 12.9. The second-order valence-corrected chi connectivity index (χ2v) is 7.35. The van der Waals surface area contributed by atoms with E-state index in [0.29, 0.717) is 6.61 Å². The number of nitrogens with zero attached hydrogens (tertiary/aromatic N) is 1. The Balaban J connectivity index is 1.89. The van der Waals surface area contributed by atoms with Crippen LogP contribution in [0.5, 0.6) is 0 Å². The van der Waals surface area contributed by atoms with Gasteiger partial charge in [0.2, 0.25) is 0 Å². The maximum absolute atomic E-state index is 12.9. The van der Waals surface area contributed by atoms with Crippen molar-refractivity contribution in [2.45, 2.75) is 52.2 Å². The van der Waals surface area contributed by atoms with Crippen LogP contribution in [0.15, 0.2) is 46.9 Å². The summed E-state index contributed by atoms with van der Waals surface area (Å²) in [6.45, 7) is 4.57. The third-order valence-electron chi connectivity index (χ3n) is 4.84. The number of amides is 1. The van der Waals surface area contributed by atoms with Crippen LogP contribution in [-0.2, 0) is 24.2 Å². The van der Waals surface area contributed by atoms with Crippen molar-refractivity contribution in [1.29, 1.82) is 0 Å². The molecule has 2 aromatic rings. The number of hydrogen-bond donors (Lipinski definition) is 0. The second kappa shape index (κ2) is 8.05. The third kappa shape index (κ3) is 3.90. The van der Waals surface area contributed by atoms with Crippen LogP contribution in [0.3, 0.4) is 0 Å². The Labute approximate surface area is 158 Å². The largest absolute Gasteiger partial charge is 0.444 e. The van der Waals surface area contributed by atoms with Gasteiger partial charge in [-0.3, -0.25) is 4.90 Å². The summed E-state index contributed by atoms with van der Waals surface area (Å²) in [6.07, 6.45) is 3.56. The molecular weight excluding hydrogens is 378 g/mol. The fourth-order valence-corrected chi connectivity index (χ4v) is 4.09. The van der Waals surface area contributed by atoms with E-state index in [0.717, 1.165) is 41.4 Å². The lowest BCUT2D eigenvalue weighted by Crippen LogP contribution is -2.44. The average Bonchev–Trinajstić information content (AvgIpc) is 2.65. The predicted molar refractivity (Wildman–Crippen MR) is 105 cm³/mol. The highest BCUT2D eigenvalue weighted by molar-refractivity contribution is 9.10. The number of aryl methyl sites for hydroxylation is 2. The van der Waals surface area contributed by atoms with E-state index in [1.54, 1.807) is 0 Å². The van der Waals surface area contributed by atoms with E-state index >= 15 is 0 Å². The summed E-state index contributed by atoms with van der Waals surface area (Å²) in [5, 5.41) is 0. The van der Waals surface area contributed by atoms with Gasteiger partial charge in [0.1, 0.15) is 6.61 Å². The Hall–Kier alpha value is -1.81. The van der Waals surface area contributed by atoms with Crippen molar-refractivity contribution in [2.24, 2.45) is 0 Å². The summed E-state index contributed by atoms with van der Waals surface area (Å²) < 4.78 is 6.74. The third-order valence-corrected chi connectivity index (χ3v) is 5.30. The summed E-state index contributed by atoms with van der Waals surface area (Å²) in [5.74, 6) is 0. The van der Waals surface area contributed by atoms with Crippen molar-refractivity contribution in [3.63, 3.8) is 0 Å². The highest BCUT2D eigenvalue weighted by Crippen LogP contribution is 2.38. The molecule has 0 aliphatic carbocycles. The zero-order valence-electron chi connectivity index (χ0n) is 14.8. The minimum Gasteiger partial charge on any atom is -0.444 e. The first kappa shape index (κ1) is 18.0. The van der Waals surface area contributed by atoms with Crippen LogP contribution < -0.4 is 4.90 Å². The average molecular weight is 402 g/mol. The Morgan fingerprint density at radius 1 is 1.24 bits per heavy atom. The van der Waals surface area contributed by atoms with Crippen molar-refractivity contribution in [1.82, 2.24) is 0 Å². The van der Waals surface area contributed by atoms with Gasteiger partial charge in [-0.25, -0.2) is 4.79 Å². The van der Waals surface area contributed by atoms with Crippen molar-refractivity contribution in [2.75, 3.05) is 4.90 Å². The van der Waals surface area contributed by atoms with Gasteiger partial charge in [-0.15, -0.1) is 0 Å². The molecule has 4 heteroatoms. The van der Waals surface area contributed by atoms with E-state index < -0.39 is 0 Å². The first-order valence-electron chi connectivity index (χ1n) is 8.95. The Kier molecular flexibility index (Phi) is 5.79. The maximum Gasteiger partial charge on any atom is 0.414 e. The zero-order valence-corrected chi connectivity index (χ0v) is 16.4. The van der Waals surface area contributed by atoms with Gasteiger partial charge in [0.05, 0.1) is 5.69 Å². The zero-order chi connectivity index (χ0) is 17.8. The quantitative estimate of drug-likeness (QED) is 0.639. The molecule has 0 aromatic heterocycles. The molecule has 1 unspecified atom stereocenters. The van der Waals surface area contributed by atoms with Crippen LogP contribution in [-0.4, -0.2) is 12.1 Å². The van der Waals surface area contributed by atoms with E-state index in [1.165, 1.54) is 11.1 Å². The molecule has 0 bridgehead atoms. The summed E-state index contributed by atoms with van der Waals surface area (Å²) in [7, 11) is 0. The molecule has 3 nitrogen and oxygen atoms in total. The smallest absolute Gasteiger partial charge is 0.414 e. The molecule has 25 heavy (non-hydrogen) atoms. The van der Waals surface area contributed by atoms with Crippen LogP contribution in [0.2, 0.25) is 0 Å². The first-order chi connectivity index (χ1) is 12.1. The van der Waals surface area contributed by atoms with Gasteiger partial charge in [0.25, 0.3) is 0 Å². The van der Waals surface area contributed by atoms with E-state index in [2.05, 4.69) is 41.9 Å². The Morgan fingerprint density at radius 2 is 2.00 bits per heavy atom. The number of rotatable bonds is 4. The normalized spacial score (nSPS) is 16.4. The molecule has 0 saturated heterocycles. The van der Waals surface area contributed by atoms with Gasteiger partial charge in [0, 0.05) is 10.5 Å². The highest BCUT2D eigenvalue weighted by atomic mass is 79.9. The lowest BCUT2D eigenvalue weighted by molar-refractivity contribution is 0.143. The summed E-state index contributed by atoms with van der Waals surface area (Å²) in [5.41, 5.74) is 4.49. The van der Waals surface area contributed by atoms with Gasteiger partial charge in [0.15, 0.2) is 0 Å². The lowest BCUT2D eigenvalue weighted by atomic mass is 9.91. The van der Waals surface area contributed by atoms with Crippen LogP contribution in [0.1, 0.15) is 43.4 Å². The molecule has 1 aliphatic rings. The first-order valence-corrected chi connectivity index (χ1v) is 9.74. The SMILES string of the molecule is CCc1cc(Br)cc2c1N(C(=O)OCc1ccccc1)C(CC)CC2. The highest BCUT2D eigenvalue weighted by Gasteiger charge is 2.33. The predicted octanol–water partition coefficient (Wildman–Crippen LogP) is 5.88. The molecule has 0 radical (unpaired) electrons. The van der Waals surface area contributed by atoms with Crippen LogP contribution >= 0.6 is 15.9 Å². The topological polar surface area (TPSA) is 29.5 Å². The molecule has 3 rings (SSSR count). The fraction of sp³-hybridized carbons (Fsp3) is 0.381. The van der Waals surface area contributed by atoms with Gasteiger partial charge in [-0.2, -0.15) is 0 Å². The number of hydrogen-bond acceptors (Lipinski definition) is 2.